The molecule has 0 atom stereocenters. The minimum Gasteiger partial charge on any atom is -0.399 e. The molecule has 2 nitrogen and oxygen atoms in total. The van der Waals surface area contributed by atoms with Gasteiger partial charge >= 0.3 is 0 Å². The molecule has 2 N–H and O–H groups in total. The van der Waals surface area contributed by atoms with E-state index in [1.54, 1.807) is 18.2 Å². The van der Waals surface area contributed by atoms with Crippen molar-refractivity contribution < 1.29 is 4.39 Å². The summed E-state index contributed by atoms with van der Waals surface area (Å²) < 4.78 is 12.6. The zero-order chi connectivity index (χ0) is 8.55. The number of benzene rings is 1. The molecular weight excluding hydrogens is 155 g/mol. The topological polar surface area (TPSA) is 38.9 Å². The number of fused-ring (bicyclic) bond motifs is 1. The average molecular weight is 162 g/mol. The van der Waals surface area contributed by atoms with E-state index in [4.69, 9.17) is 5.73 Å². The second-order valence-electron chi connectivity index (χ2n) is 2.61. The minimum absolute atomic E-state index is 0.327. The van der Waals surface area contributed by atoms with Crippen LogP contribution in [0.3, 0.4) is 0 Å². The Labute approximate surface area is 68.8 Å². The van der Waals surface area contributed by atoms with Gasteiger partial charge in [-0.15, -0.1) is 0 Å². The van der Waals surface area contributed by atoms with E-state index < -0.39 is 0 Å². The van der Waals surface area contributed by atoms with Crippen molar-refractivity contribution in [2.75, 3.05) is 5.73 Å². The number of rotatable bonds is 0. The Balaban J connectivity index is 2.79. The molecule has 0 aliphatic rings. The summed E-state index contributed by atoms with van der Waals surface area (Å²) in [5.74, 6) is -0.327. The Morgan fingerprint density at radius 3 is 2.92 bits per heavy atom. The predicted octanol–water partition coefficient (Wildman–Crippen LogP) is 1.96. The lowest BCUT2D eigenvalue weighted by atomic mass is 10.2. The molecule has 1 aromatic carbocycles. The van der Waals surface area contributed by atoms with Crippen LogP contribution in [0, 0.1) is 5.82 Å². The SMILES string of the molecule is Nc1ccc2cc(F)cnc2c1. The summed E-state index contributed by atoms with van der Waals surface area (Å²) in [6.07, 6.45) is 1.18. The number of nitrogens with zero attached hydrogens (tertiary/aromatic N) is 1. The molecule has 0 bridgehead atoms. The van der Waals surface area contributed by atoms with Gasteiger partial charge in [-0.25, -0.2) is 4.39 Å². The van der Waals surface area contributed by atoms with Gasteiger partial charge in [0.25, 0.3) is 0 Å². The minimum atomic E-state index is -0.327. The smallest absolute Gasteiger partial charge is 0.142 e. The maximum Gasteiger partial charge on any atom is 0.142 e. The number of anilines is 1. The van der Waals surface area contributed by atoms with Crippen LogP contribution >= 0.6 is 0 Å². The third-order valence-corrected chi connectivity index (χ3v) is 1.67. The van der Waals surface area contributed by atoms with Gasteiger partial charge in [0.2, 0.25) is 0 Å². The van der Waals surface area contributed by atoms with Crippen molar-refractivity contribution >= 4 is 16.6 Å². The maximum atomic E-state index is 12.6. The molecule has 0 saturated heterocycles. The Morgan fingerprint density at radius 1 is 1.25 bits per heavy atom. The highest BCUT2D eigenvalue weighted by atomic mass is 19.1. The van der Waals surface area contributed by atoms with Crippen molar-refractivity contribution in [1.82, 2.24) is 4.98 Å². The van der Waals surface area contributed by atoms with Crippen LogP contribution in [0.1, 0.15) is 0 Å². The Bertz CT molecular complexity index is 385. The number of halogens is 1. The second-order valence-corrected chi connectivity index (χ2v) is 2.61. The summed E-state index contributed by atoms with van der Waals surface area (Å²) in [6, 6.07) is 6.63. The van der Waals surface area contributed by atoms with E-state index in [2.05, 4.69) is 4.98 Å². The molecule has 12 heavy (non-hydrogen) atoms. The molecule has 0 fully saturated rings. The third kappa shape index (κ3) is 1.09. The van der Waals surface area contributed by atoms with E-state index in [1.165, 1.54) is 12.3 Å². The van der Waals surface area contributed by atoms with Gasteiger partial charge in [-0.3, -0.25) is 4.98 Å². The van der Waals surface area contributed by atoms with Gasteiger partial charge in [-0.1, -0.05) is 6.07 Å². The van der Waals surface area contributed by atoms with Gasteiger partial charge in [-0.05, 0) is 18.2 Å². The molecule has 0 amide bonds. The van der Waals surface area contributed by atoms with Crippen LogP contribution in [0.5, 0.6) is 0 Å². The van der Waals surface area contributed by atoms with Crippen molar-refractivity contribution in [3.05, 3.63) is 36.3 Å². The molecule has 3 heteroatoms. The molecule has 0 aliphatic carbocycles. The highest BCUT2D eigenvalue weighted by molar-refractivity contribution is 5.81. The van der Waals surface area contributed by atoms with Crippen molar-refractivity contribution in [3.63, 3.8) is 0 Å². The van der Waals surface area contributed by atoms with Crippen LogP contribution in [-0.4, -0.2) is 4.98 Å². The summed E-state index contributed by atoms with van der Waals surface area (Å²) in [5, 5.41) is 0.768. The lowest BCUT2D eigenvalue weighted by Crippen LogP contribution is -1.86. The molecule has 0 spiro atoms. The monoisotopic (exact) mass is 162 g/mol. The summed E-state index contributed by atoms with van der Waals surface area (Å²) in [6.45, 7) is 0. The van der Waals surface area contributed by atoms with Crippen molar-refractivity contribution in [2.45, 2.75) is 0 Å². The van der Waals surface area contributed by atoms with E-state index in [0.29, 0.717) is 5.69 Å². The number of nitrogen functional groups attached to an aromatic ring is 1. The number of aromatic nitrogens is 1. The fraction of sp³-hybridized carbons (Fsp3) is 0. The van der Waals surface area contributed by atoms with Gasteiger partial charge in [0.05, 0.1) is 11.7 Å². The van der Waals surface area contributed by atoms with E-state index in [-0.39, 0.29) is 5.82 Å². The summed E-state index contributed by atoms with van der Waals surface area (Å²) >= 11 is 0. The van der Waals surface area contributed by atoms with Crippen LogP contribution < -0.4 is 5.73 Å². The fourth-order valence-corrected chi connectivity index (χ4v) is 1.11. The van der Waals surface area contributed by atoms with Crippen LogP contribution in [0.15, 0.2) is 30.5 Å². The Morgan fingerprint density at radius 2 is 2.08 bits per heavy atom. The van der Waals surface area contributed by atoms with E-state index in [0.717, 1.165) is 10.9 Å². The number of pyridine rings is 1. The van der Waals surface area contributed by atoms with Crippen LogP contribution in [-0.2, 0) is 0 Å². The first-order valence-electron chi connectivity index (χ1n) is 3.56. The highest BCUT2D eigenvalue weighted by Crippen LogP contribution is 2.15. The molecule has 2 rings (SSSR count). The van der Waals surface area contributed by atoms with Gasteiger partial charge in [-0.2, -0.15) is 0 Å². The summed E-state index contributed by atoms with van der Waals surface area (Å²) in [7, 11) is 0. The summed E-state index contributed by atoms with van der Waals surface area (Å²) in [4.78, 5) is 3.89. The Kier molecular flexibility index (Phi) is 1.43. The zero-order valence-electron chi connectivity index (χ0n) is 6.29. The first kappa shape index (κ1) is 7.03. The molecule has 1 aromatic heterocycles. The second kappa shape index (κ2) is 2.44. The standard InChI is InChI=1S/C9H7FN2/c10-7-3-6-1-2-8(11)4-9(6)12-5-7/h1-5H,11H2. The molecule has 0 aliphatic heterocycles. The normalized spacial score (nSPS) is 10.4. The molecule has 0 radical (unpaired) electrons. The fourth-order valence-electron chi connectivity index (χ4n) is 1.11. The quantitative estimate of drug-likeness (QED) is 0.601. The number of hydrogen-bond donors (Lipinski definition) is 1. The van der Waals surface area contributed by atoms with E-state index in [1.807, 2.05) is 0 Å². The lowest BCUT2D eigenvalue weighted by molar-refractivity contribution is 0.624. The molecule has 0 unspecified atom stereocenters. The Hall–Kier alpha value is -1.64. The first-order valence-corrected chi connectivity index (χ1v) is 3.56. The van der Waals surface area contributed by atoms with Crippen molar-refractivity contribution in [3.8, 4) is 0 Å². The van der Waals surface area contributed by atoms with Gasteiger partial charge in [0.1, 0.15) is 5.82 Å². The van der Waals surface area contributed by atoms with Gasteiger partial charge in [0.15, 0.2) is 0 Å². The maximum absolute atomic E-state index is 12.6. The van der Waals surface area contributed by atoms with Crippen LogP contribution in [0.25, 0.3) is 10.9 Å². The summed E-state index contributed by atoms with van der Waals surface area (Å²) in [5.41, 5.74) is 6.89. The number of hydrogen-bond acceptors (Lipinski definition) is 2. The first-order chi connectivity index (χ1) is 5.75. The van der Waals surface area contributed by atoms with Gasteiger partial charge in [0, 0.05) is 11.1 Å². The van der Waals surface area contributed by atoms with Crippen molar-refractivity contribution in [1.29, 1.82) is 0 Å². The molecule has 2 aromatic rings. The highest BCUT2D eigenvalue weighted by Gasteiger charge is 1.96. The number of nitrogens with two attached hydrogens (primary N) is 1. The molecular formula is C9H7FN2. The predicted molar refractivity (Wildman–Crippen MR) is 46.1 cm³/mol. The largest absolute Gasteiger partial charge is 0.399 e. The van der Waals surface area contributed by atoms with E-state index >= 15 is 0 Å². The van der Waals surface area contributed by atoms with Crippen LogP contribution in [0.4, 0.5) is 10.1 Å². The third-order valence-electron chi connectivity index (χ3n) is 1.67. The zero-order valence-corrected chi connectivity index (χ0v) is 6.29. The molecule has 60 valence electrons. The van der Waals surface area contributed by atoms with Crippen molar-refractivity contribution in [2.24, 2.45) is 0 Å². The van der Waals surface area contributed by atoms with Crippen LogP contribution in [0.2, 0.25) is 0 Å². The van der Waals surface area contributed by atoms with Gasteiger partial charge < -0.3 is 5.73 Å². The molecule has 0 saturated carbocycles. The molecule has 1 heterocycles. The average Bonchev–Trinajstić information content (AvgIpc) is 2.05. The lowest BCUT2D eigenvalue weighted by Gasteiger charge is -1.97. The van der Waals surface area contributed by atoms with E-state index in [9.17, 15) is 4.39 Å².